The highest BCUT2D eigenvalue weighted by Crippen LogP contribution is 2.66. The third-order valence-corrected chi connectivity index (χ3v) is 11.1. The molecule has 3 nitrogen and oxygen atoms in total. The monoisotopic (exact) mass is 478 g/mol. The van der Waals surface area contributed by atoms with Crippen LogP contribution in [0.25, 0.3) is 0 Å². The first-order valence-electron chi connectivity index (χ1n) is 14.7. The van der Waals surface area contributed by atoms with E-state index in [2.05, 4.69) is 39.8 Å². The highest BCUT2D eigenvalue weighted by atomic mass is 16.5. The average Bonchev–Trinajstić information content (AvgIpc) is 3.12. The van der Waals surface area contributed by atoms with E-state index in [0.29, 0.717) is 28.1 Å². The van der Waals surface area contributed by atoms with Crippen LogP contribution in [0.4, 0.5) is 11.4 Å². The Balaban J connectivity index is 1.28. The van der Waals surface area contributed by atoms with E-state index < -0.39 is 0 Å². The lowest BCUT2D eigenvalue weighted by atomic mass is 9.57. The lowest BCUT2D eigenvalue weighted by molar-refractivity contribution is 0.0164. The van der Waals surface area contributed by atoms with Crippen molar-refractivity contribution in [2.45, 2.75) is 104 Å². The molecule has 0 saturated heterocycles. The van der Waals surface area contributed by atoms with Gasteiger partial charge in [-0.25, -0.2) is 0 Å². The molecule has 4 aliphatic rings. The summed E-state index contributed by atoms with van der Waals surface area (Å²) in [5.41, 5.74) is 14.5. The maximum absolute atomic E-state index is 6.44. The van der Waals surface area contributed by atoms with Crippen molar-refractivity contribution in [3.63, 3.8) is 0 Å². The molecule has 3 fully saturated rings. The van der Waals surface area contributed by atoms with Gasteiger partial charge in [0.25, 0.3) is 0 Å². The van der Waals surface area contributed by atoms with Crippen molar-refractivity contribution in [1.29, 1.82) is 0 Å². The second-order valence-electron chi connectivity index (χ2n) is 13.6. The lowest BCUT2D eigenvalue weighted by Crippen LogP contribution is -2.42. The quantitative estimate of drug-likeness (QED) is 0.306. The van der Waals surface area contributed by atoms with E-state index in [-0.39, 0.29) is 6.10 Å². The number of hydrogen-bond donors (Lipinski definition) is 2. The molecule has 1 aromatic carbocycles. The zero-order valence-electron chi connectivity index (χ0n) is 22.8. The van der Waals surface area contributed by atoms with E-state index in [0.717, 1.165) is 48.2 Å². The number of ether oxygens (including phenoxy) is 1. The smallest absolute Gasteiger partial charge is 0.142 e. The molecule has 0 radical (unpaired) electrons. The Morgan fingerprint density at radius 1 is 1.00 bits per heavy atom. The van der Waals surface area contributed by atoms with Crippen LogP contribution < -0.4 is 16.2 Å². The molecule has 0 heterocycles. The minimum atomic E-state index is 0.254. The van der Waals surface area contributed by atoms with E-state index in [1.54, 1.807) is 0 Å². The highest BCUT2D eigenvalue weighted by molar-refractivity contribution is 5.60. The molecule has 0 aliphatic heterocycles. The fraction of sp³-hybridized carbons (Fsp3) is 0.750. The van der Waals surface area contributed by atoms with Gasteiger partial charge in [-0.15, -0.1) is 0 Å². The normalized spacial score (nSPS) is 39.1. The number of anilines is 2. The molecule has 4 aliphatic carbocycles. The van der Waals surface area contributed by atoms with Crippen LogP contribution in [0.5, 0.6) is 5.75 Å². The summed E-state index contributed by atoms with van der Waals surface area (Å²) in [5, 5.41) is 0. The fourth-order valence-corrected chi connectivity index (χ4v) is 9.15. The van der Waals surface area contributed by atoms with E-state index in [9.17, 15) is 0 Å². The fourth-order valence-electron chi connectivity index (χ4n) is 9.15. The number of benzene rings is 1. The molecule has 8 unspecified atom stereocenters. The SMILES string of the molecule is CC(C)CCCC(C)C1CCC2C3C=CC4CC(Oc5ccc(N)cc5N)CCC4(CCC12C)C3. The van der Waals surface area contributed by atoms with Crippen LogP contribution in [-0.4, -0.2) is 6.10 Å². The Labute approximate surface area is 214 Å². The van der Waals surface area contributed by atoms with Crippen LogP contribution in [0.2, 0.25) is 0 Å². The van der Waals surface area contributed by atoms with Gasteiger partial charge in [0.15, 0.2) is 0 Å². The Morgan fingerprint density at radius 2 is 1.83 bits per heavy atom. The minimum Gasteiger partial charge on any atom is -0.488 e. The zero-order chi connectivity index (χ0) is 24.8. The van der Waals surface area contributed by atoms with Crippen molar-refractivity contribution >= 4 is 11.4 Å². The Morgan fingerprint density at radius 3 is 2.60 bits per heavy atom. The molecule has 3 saturated carbocycles. The molecule has 35 heavy (non-hydrogen) atoms. The van der Waals surface area contributed by atoms with Gasteiger partial charge >= 0.3 is 0 Å². The van der Waals surface area contributed by atoms with Gasteiger partial charge < -0.3 is 16.2 Å². The topological polar surface area (TPSA) is 61.3 Å². The Kier molecular flexibility index (Phi) is 6.92. The summed E-state index contributed by atoms with van der Waals surface area (Å²) in [6.45, 7) is 10.0. The average molecular weight is 479 g/mol. The van der Waals surface area contributed by atoms with Gasteiger partial charge in [0, 0.05) is 5.69 Å². The van der Waals surface area contributed by atoms with Crippen molar-refractivity contribution in [2.75, 3.05) is 11.5 Å². The van der Waals surface area contributed by atoms with Crippen LogP contribution in [0, 0.1) is 46.3 Å². The van der Waals surface area contributed by atoms with Gasteiger partial charge in [0.05, 0.1) is 11.8 Å². The summed E-state index contributed by atoms with van der Waals surface area (Å²) in [4.78, 5) is 0. The van der Waals surface area contributed by atoms with Crippen molar-refractivity contribution in [3.8, 4) is 5.75 Å². The number of nitrogens with two attached hydrogens (primary N) is 2. The second-order valence-corrected chi connectivity index (χ2v) is 13.6. The Bertz CT molecular complexity index is 924. The van der Waals surface area contributed by atoms with Gasteiger partial charge in [-0.3, -0.25) is 0 Å². The summed E-state index contributed by atoms with van der Waals surface area (Å²) in [6.07, 6.45) is 20.5. The molecule has 2 bridgehead atoms. The number of nitrogen functional groups attached to an aromatic ring is 2. The predicted octanol–water partition coefficient (Wildman–Crippen LogP) is 8.25. The van der Waals surface area contributed by atoms with E-state index in [4.69, 9.17) is 16.2 Å². The molecule has 4 N–H and O–H groups in total. The third-order valence-electron chi connectivity index (χ3n) is 11.1. The highest BCUT2D eigenvalue weighted by Gasteiger charge is 2.57. The van der Waals surface area contributed by atoms with Crippen LogP contribution in [0.3, 0.4) is 0 Å². The molecule has 5 rings (SSSR count). The van der Waals surface area contributed by atoms with E-state index in [1.165, 1.54) is 57.8 Å². The molecule has 194 valence electrons. The molecule has 0 aromatic heterocycles. The number of fused-ring (bicyclic) bond motifs is 3. The Hall–Kier alpha value is -1.64. The van der Waals surface area contributed by atoms with Gasteiger partial charge in [0.1, 0.15) is 5.75 Å². The minimum absolute atomic E-state index is 0.254. The van der Waals surface area contributed by atoms with Crippen molar-refractivity contribution in [3.05, 3.63) is 30.4 Å². The molecule has 1 spiro atoms. The van der Waals surface area contributed by atoms with Crippen LogP contribution >= 0.6 is 0 Å². The molecule has 0 amide bonds. The molecule has 1 aromatic rings. The lowest BCUT2D eigenvalue weighted by Gasteiger charge is -2.49. The summed E-state index contributed by atoms with van der Waals surface area (Å²) in [6, 6.07) is 5.65. The van der Waals surface area contributed by atoms with Crippen LogP contribution in [-0.2, 0) is 0 Å². The first-order valence-corrected chi connectivity index (χ1v) is 14.7. The summed E-state index contributed by atoms with van der Waals surface area (Å²) >= 11 is 0. The zero-order valence-corrected chi connectivity index (χ0v) is 22.8. The first kappa shape index (κ1) is 25.0. The summed E-state index contributed by atoms with van der Waals surface area (Å²) in [7, 11) is 0. The summed E-state index contributed by atoms with van der Waals surface area (Å²) in [5.74, 6) is 5.75. The standard InChI is InChI=1S/C32H50N2O/c1-21(2)6-5-7-22(3)27-11-12-28-23-8-9-24-18-26(35-30-13-10-25(33)19-29(30)34)14-15-32(24,20-23)17-16-31(27,28)4/h8-10,13,19,21-24,26-28H,5-7,11-12,14-18,20,33-34H2,1-4H3. The van der Waals surface area contributed by atoms with E-state index in [1.807, 2.05) is 18.2 Å². The van der Waals surface area contributed by atoms with Crippen molar-refractivity contribution < 1.29 is 4.74 Å². The van der Waals surface area contributed by atoms with Crippen molar-refractivity contribution in [2.24, 2.45) is 46.3 Å². The predicted molar refractivity (Wildman–Crippen MR) is 148 cm³/mol. The van der Waals surface area contributed by atoms with Gasteiger partial charge in [-0.2, -0.15) is 0 Å². The number of hydrogen-bond acceptors (Lipinski definition) is 3. The van der Waals surface area contributed by atoms with Gasteiger partial charge in [-0.05, 0) is 116 Å². The van der Waals surface area contributed by atoms with E-state index >= 15 is 0 Å². The van der Waals surface area contributed by atoms with Crippen LogP contribution in [0.15, 0.2) is 30.4 Å². The third kappa shape index (κ3) is 4.74. The molecular weight excluding hydrogens is 428 g/mol. The number of allylic oxidation sites excluding steroid dienone is 2. The number of rotatable bonds is 7. The van der Waals surface area contributed by atoms with Crippen LogP contribution in [0.1, 0.15) is 98.3 Å². The molecular formula is C32H50N2O. The molecule has 8 atom stereocenters. The largest absolute Gasteiger partial charge is 0.488 e. The van der Waals surface area contributed by atoms with Crippen molar-refractivity contribution in [1.82, 2.24) is 0 Å². The maximum atomic E-state index is 6.44. The summed E-state index contributed by atoms with van der Waals surface area (Å²) < 4.78 is 6.44. The van der Waals surface area contributed by atoms with Gasteiger partial charge in [-0.1, -0.05) is 59.1 Å². The second kappa shape index (κ2) is 9.67. The first-order chi connectivity index (χ1) is 16.7. The van der Waals surface area contributed by atoms with Gasteiger partial charge in [0.2, 0.25) is 0 Å². The maximum Gasteiger partial charge on any atom is 0.142 e. The molecule has 3 heteroatoms.